The van der Waals surface area contributed by atoms with Gasteiger partial charge in [0.05, 0.1) is 16.6 Å². The highest BCUT2D eigenvalue weighted by Gasteiger charge is 2.28. The zero-order valence-corrected chi connectivity index (χ0v) is 13.0. The van der Waals surface area contributed by atoms with Gasteiger partial charge in [-0.05, 0) is 41.6 Å². The summed E-state index contributed by atoms with van der Waals surface area (Å²) in [5, 5.41) is 14.8. The Morgan fingerprint density at radius 1 is 1.48 bits per heavy atom. The van der Waals surface area contributed by atoms with Crippen LogP contribution in [0, 0.1) is 6.92 Å². The van der Waals surface area contributed by atoms with Crippen molar-refractivity contribution in [3.05, 3.63) is 29.0 Å². The van der Waals surface area contributed by atoms with Crippen LogP contribution in [0.4, 0.5) is 0 Å². The van der Waals surface area contributed by atoms with Gasteiger partial charge in [-0.3, -0.25) is 0 Å². The van der Waals surface area contributed by atoms with Gasteiger partial charge in [0.15, 0.2) is 0 Å². The molecule has 0 bridgehead atoms. The first kappa shape index (κ1) is 13.0. The van der Waals surface area contributed by atoms with Crippen LogP contribution < -0.4 is 0 Å². The van der Waals surface area contributed by atoms with Crippen molar-refractivity contribution in [1.82, 2.24) is 25.2 Å². The van der Waals surface area contributed by atoms with Gasteiger partial charge in [-0.25, -0.2) is 9.67 Å². The average molecular weight is 319 g/mol. The smallest absolute Gasteiger partial charge is 0.236 e. The van der Waals surface area contributed by atoms with E-state index in [2.05, 4.69) is 20.5 Å². The maximum atomic E-state index is 5.75. The summed E-state index contributed by atoms with van der Waals surface area (Å²) in [7, 11) is 0. The zero-order valence-electron chi connectivity index (χ0n) is 11.4. The normalized spacial score (nSPS) is 14.7. The minimum atomic E-state index is 0.489. The van der Waals surface area contributed by atoms with E-state index in [9.17, 15) is 0 Å². The number of thioether (sulfide) groups is 1. The average Bonchev–Trinajstić information content (AvgIpc) is 2.94. The summed E-state index contributed by atoms with van der Waals surface area (Å²) in [5.41, 5.74) is 0.953. The quantitative estimate of drug-likeness (QED) is 0.672. The third-order valence-electron chi connectivity index (χ3n) is 3.32. The number of tetrazole rings is 1. The van der Waals surface area contributed by atoms with Gasteiger partial charge in [-0.1, -0.05) is 17.8 Å². The molecule has 6 nitrogen and oxygen atoms in total. The molecule has 3 aromatic heterocycles. The highest BCUT2D eigenvalue weighted by Crippen LogP contribution is 2.37. The summed E-state index contributed by atoms with van der Waals surface area (Å²) in [4.78, 5) is 5.64. The van der Waals surface area contributed by atoms with Gasteiger partial charge in [0.1, 0.15) is 5.76 Å². The van der Waals surface area contributed by atoms with Crippen LogP contribution >= 0.6 is 23.1 Å². The molecule has 1 aliphatic carbocycles. The van der Waals surface area contributed by atoms with Crippen molar-refractivity contribution in [1.29, 1.82) is 0 Å². The highest BCUT2D eigenvalue weighted by atomic mass is 32.2. The minimum absolute atomic E-state index is 0.489. The Bertz CT molecular complexity index is 745. The van der Waals surface area contributed by atoms with E-state index in [0.29, 0.717) is 17.7 Å². The molecule has 0 radical (unpaired) electrons. The first-order valence-corrected chi connectivity index (χ1v) is 8.58. The number of nitrogens with zero attached hydrogens (tertiary/aromatic N) is 5. The zero-order chi connectivity index (χ0) is 14.2. The van der Waals surface area contributed by atoms with Gasteiger partial charge in [0.2, 0.25) is 11.0 Å². The maximum absolute atomic E-state index is 5.75. The van der Waals surface area contributed by atoms with Crippen LogP contribution in [0.5, 0.6) is 0 Å². The molecular weight excluding hydrogens is 306 g/mol. The van der Waals surface area contributed by atoms with Crippen molar-refractivity contribution in [2.75, 3.05) is 0 Å². The Morgan fingerprint density at radius 2 is 2.38 bits per heavy atom. The maximum Gasteiger partial charge on any atom is 0.236 e. The van der Waals surface area contributed by atoms with E-state index >= 15 is 0 Å². The number of thiophene rings is 1. The summed E-state index contributed by atoms with van der Waals surface area (Å²) in [6.45, 7) is 1.95. The van der Waals surface area contributed by atoms with Gasteiger partial charge in [-0.15, -0.1) is 16.4 Å². The van der Waals surface area contributed by atoms with Gasteiger partial charge in [0.25, 0.3) is 0 Å². The second-order valence-electron chi connectivity index (χ2n) is 4.93. The van der Waals surface area contributed by atoms with Crippen molar-refractivity contribution in [3.63, 3.8) is 0 Å². The molecule has 3 aromatic rings. The van der Waals surface area contributed by atoms with E-state index < -0.39 is 0 Å². The molecule has 0 aromatic carbocycles. The van der Waals surface area contributed by atoms with E-state index in [1.807, 2.05) is 29.1 Å². The molecule has 3 heterocycles. The Kier molecular flexibility index (Phi) is 3.27. The van der Waals surface area contributed by atoms with Gasteiger partial charge >= 0.3 is 0 Å². The lowest BCUT2D eigenvalue weighted by atomic mass is 10.4. The number of rotatable bonds is 5. The summed E-state index contributed by atoms with van der Waals surface area (Å²) < 4.78 is 7.66. The SMILES string of the molecule is Cc1oc(-c2cccs2)nc1CSc1nnnn1C1CC1. The molecule has 1 aliphatic rings. The summed E-state index contributed by atoms with van der Waals surface area (Å²) in [5.74, 6) is 2.27. The fraction of sp³-hybridized carbons (Fsp3) is 0.385. The second kappa shape index (κ2) is 5.27. The first-order chi connectivity index (χ1) is 10.3. The molecule has 0 amide bonds. The molecule has 4 rings (SSSR count). The molecule has 0 saturated heterocycles. The van der Waals surface area contributed by atoms with Crippen molar-refractivity contribution < 1.29 is 4.42 Å². The fourth-order valence-corrected chi connectivity index (χ4v) is 3.62. The van der Waals surface area contributed by atoms with Crippen molar-refractivity contribution in [2.24, 2.45) is 0 Å². The third-order valence-corrected chi connectivity index (χ3v) is 5.12. The minimum Gasteiger partial charge on any atom is -0.440 e. The van der Waals surface area contributed by atoms with E-state index in [0.717, 1.165) is 21.5 Å². The Labute approximate surface area is 129 Å². The monoisotopic (exact) mass is 319 g/mol. The Balaban J connectivity index is 1.51. The molecule has 1 saturated carbocycles. The molecule has 0 aliphatic heterocycles. The van der Waals surface area contributed by atoms with Crippen molar-refractivity contribution in [3.8, 4) is 10.8 Å². The Morgan fingerprint density at radius 3 is 3.14 bits per heavy atom. The third kappa shape index (κ3) is 2.60. The number of aromatic nitrogens is 5. The molecule has 0 unspecified atom stereocenters. The topological polar surface area (TPSA) is 69.6 Å². The predicted molar refractivity (Wildman–Crippen MR) is 80.2 cm³/mol. The van der Waals surface area contributed by atoms with E-state index in [4.69, 9.17) is 4.42 Å². The molecule has 21 heavy (non-hydrogen) atoms. The Hall–Kier alpha value is -1.67. The van der Waals surface area contributed by atoms with Gasteiger partial charge in [-0.2, -0.15) is 0 Å². The molecule has 0 atom stereocenters. The number of aryl methyl sites for hydroxylation is 1. The number of oxazole rings is 1. The van der Waals surface area contributed by atoms with Crippen LogP contribution in [0.25, 0.3) is 10.8 Å². The number of hydrogen-bond acceptors (Lipinski definition) is 7. The lowest BCUT2D eigenvalue weighted by molar-refractivity contribution is 0.542. The van der Waals surface area contributed by atoms with E-state index in [-0.39, 0.29) is 0 Å². The molecule has 1 fully saturated rings. The molecule has 8 heteroatoms. The van der Waals surface area contributed by atoms with Crippen LogP contribution in [-0.2, 0) is 5.75 Å². The fourth-order valence-electron chi connectivity index (χ4n) is 2.03. The standard InChI is InChI=1S/C13H13N5OS2/c1-8-10(14-12(19-8)11-3-2-6-20-11)7-21-13-15-16-17-18(13)9-4-5-9/h2-3,6,9H,4-5,7H2,1H3. The predicted octanol–water partition coefficient (Wildman–Crippen LogP) is 3.33. The summed E-state index contributed by atoms with van der Waals surface area (Å²) in [6, 6.07) is 4.50. The highest BCUT2D eigenvalue weighted by molar-refractivity contribution is 7.98. The van der Waals surface area contributed by atoms with Crippen LogP contribution in [0.1, 0.15) is 30.3 Å². The first-order valence-electron chi connectivity index (χ1n) is 6.72. The van der Waals surface area contributed by atoms with Crippen molar-refractivity contribution >= 4 is 23.1 Å². The lowest BCUT2D eigenvalue weighted by Gasteiger charge is -2.00. The summed E-state index contributed by atoms with van der Waals surface area (Å²) >= 11 is 3.24. The summed E-state index contributed by atoms with van der Waals surface area (Å²) in [6.07, 6.45) is 2.34. The largest absolute Gasteiger partial charge is 0.440 e. The van der Waals surface area contributed by atoms with Crippen LogP contribution in [0.2, 0.25) is 0 Å². The van der Waals surface area contributed by atoms with Crippen LogP contribution in [-0.4, -0.2) is 25.2 Å². The van der Waals surface area contributed by atoms with Crippen molar-refractivity contribution in [2.45, 2.75) is 36.7 Å². The number of hydrogen-bond donors (Lipinski definition) is 0. The molecule has 0 spiro atoms. The second-order valence-corrected chi connectivity index (χ2v) is 6.82. The molecule has 108 valence electrons. The van der Waals surface area contributed by atoms with Crippen LogP contribution in [0.3, 0.4) is 0 Å². The van der Waals surface area contributed by atoms with Gasteiger partial charge < -0.3 is 4.42 Å². The van der Waals surface area contributed by atoms with Gasteiger partial charge in [0, 0.05) is 5.75 Å². The lowest BCUT2D eigenvalue weighted by Crippen LogP contribution is -1.99. The van der Waals surface area contributed by atoms with Crippen LogP contribution in [0.15, 0.2) is 27.1 Å². The molecule has 0 N–H and O–H groups in total. The van der Waals surface area contributed by atoms with E-state index in [1.165, 1.54) is 12.8 Å². The molecular formula is C13H13N5OS2. The van der Waals surface area contributed by atoms with E-state index in [1.54, 1.807) is 23.1 Å².